The first-order valence-corrected chi connectivity index (χ1v) is 6.93. The molecule has 2 aromatic rings. The molecule has 0 spiro atoms. The first-order chi connectivity index (χ1) is 9.60. The van der Waals surface area contributed by atoms with Crippen molar-refractivity contribution in [1.29, 1.82) is 0 Å². The summed E-state index contributed by atoms with van der Waals surface area (Å²) in [7, 11) is 1.55. The fourth-order valence-electron chi connectivity index (χ4n) is 1.61. The number of hydrogen-bond acceptors (Lipinski definition) is 2. The number of anilines is 2. The summed E-state index contributed by atoms with van der Waals surface area (Å²) in [6.45, 7) is 0. The van der Waals surface area contributed by atoms with Crippen molar-refractivity contribution in [3.05, 3.63) is 52.0 Å². The van der Waals surface area contributed by atoms with Gasteiger partial charge in [-0.2, -0.15) is 0 Å². The standard InChI is InChI=1S/C14H12BrClN2O2/c1-20-13-5-3-2-4-12(13)18-14(19)17-9-6-7-11(16)10(15)8-9/h2-8H,1H3,(H2,17,18,19). The molecule has 0 bridgehead atoms. The van der Waals surface area contributed by atoms with Gasteiger partial charge in [0.15, 0.2) is 0 Å². The Labute approximate surface area is 130 Å². The third kappa shape index (κ3) is 3.65. The van der Waals surface area contributed by atoms with Crippen molar-refractivity contribution in [2.45, 2.75) is 0 Å². The Morgan fingerprint density at radius 1 is 1.20 bits per heavy atom. The summed E-state index contributed by atoms with van der Waals surface area (Å²) in [5, 5.41) is 6.02. The average molecular weight is 356 g/mol. The smallest absolute Gasteiger partial charge is 0.323 e. The van der Waals surface area contributed by atoms with Gasteiger partial charge in [0.05, 0.1) is 17.8 Å². The Morgan fingerprint density at radius 3 is 2.65 bits per heavy atom. The highest BCUT2D eigenvalue weighted by Crippen LogP contribution is 2.26. The highest BCUT2D eigenvalue weighted by atomic mass is 79.9. The first kappa shape index (κ1) is 14.7. The summed E-state index contributed by atoms with van der Waals surface area (Å²) in [5.74, 6) is 0.597. The summed E-state index contributed by atoms with van der Waals surface area (Å²) >= 11 is 9.20. The molecule has 6 heteroatoms. The minimum Gasteiger partial charge on any atom is -0.495 e. The zero-order valence-corrected chi connectivity index (χ0v) is 13.0. The maximum absolute atomic E-state index is 11.9. The van der Waals surface area contributed by atoms with Gasteiger partial charge in [-0.05, 0) is 46.3 Å². The van der Waals surface area contributed by atoms with E-state index in [0.717, 1.165) is 0 Å². The lowest BCUT2D eigenvalue weighted by Gasteiger charge is -2.11. The minimum atomic E-state index is -0.358. The van der Waals surface area contributed by atoms with Gasteiger partial charge >= 0.3 is 6.03 Å². The molecule has 2 rings (SSSR count). The Morgan fingerprint density at radius 2 is 1.95 bits per heavy atom. The molecule has 0 radical (unpaired) electrons. The molecule has 0 aromatic heterocycles. The van der Waals surface area contributed by atoms with E-state index in [2.05, 4.69) is 26.6 Å². The van der Waals surface area contributed by atoms with Crippen LogP contribution in [-0.4, -0.2) is 13.1 Å². The van der Waals surface area contributed by atoms with Crippen molar-refractivity contribution < 1.29 is 9.53 Å². The Balaban J connectivity index is 2.07. The number of ether oxygens (including phenoxy) is 1. The summed E-state index contributed by atoms with van der Waals surface area (Å²) in [5.41, 5.74) is 1.23. The lowest BCUT2D eigenvalue weighted by molar-refractivity contribution is 0.262. The number of carbonyl (C=O) groups excluding carboxylic acids is 1. The van der Waals surface area contributed by atoms with Gasteiger partial charge in [-0.1, -0.05) is 23.7 Å². The maximum Gasteiger partial charge on any atom is 0.323 e. The number of methoxy groups -OCH3 is 1. The Bertz CT molecular complexity index is 634. The lowest BCUT2D eigenvalue weighted by atomic mass is 10.3. The molecule has 20 heavy (non-hydrogen) atoms. The van der Waals surface area contributed by atoms with E-state index in [9.17, 15) is 4.79 Å². The van der Waals surface area contributed by atoms with Gasteiger partial charge in [-0.15, -0.1) is 0 Å². The van der Waals surface area contributed by atoms with Crippen LogP contribution in [-0.2, 0) is 0 Å². The number of rotatable bonds is 3. The highest BCUT2D eigenvalue weighted by Gasteiger charge is 2.07. The average Bonchev–Trinajstić information content (AvgIpc) is 2.43. The monoisotopic (exact) mass is 354 g/mol. The van der Waals surface area contributed by atoms with Gasteiger partial charge in [0.1, 0.15) is 5.75 Å². The van der Waals surface area contributed by atoms with Crippen molar-refractivity contribution >= 4 is 44.9 Å². The number of carbonyl (C=O) groups is 1. The van der Waals surface area contributed by atoms with Crippen LogP contribution >= 0.6 is 27.5 Å². The summed E-state index contributed by atoms with van der Waals surface area (Å²) in [6, 6.07) is 12.0. The van der Waals surface area contributed by atoms with Crippen LogP contribution in [0.5, 0.6) is 5.75 Å². The zero-order valence-electron chi connectivity index (χ0n) is 10.6. The van der Waals surface area contributed by atoms with Gasteiger partial charge in [0.25, 0.3) is 0 Å². The second-order valence-corrected chi connectivity index (χ2v) is 5.17. The number of urea groups is 1. The number of halogens is 2. The molecule has 0 aliphatic heterocycles. The predicted octanol–water partition coefficient (Wildman–Crippen LogP) is 4.76. The zero-order chi connectivity index (χ0) is 14.5. The highest BCUT2D eigenvalue weighted by molar-refractivity contribution is 9.10. The molecule has 2 aromatic carbocycles. The maximum atomic E-state index is 11.9. The van der Waals surface area contributed by atoms with Crippen LogP contribution in [0.3, 0.4) is 0 Å². The largest absolute Gasteiger partial charge is 0.495 e. The molecule has 104 valence electrons. The van der Waals surface area contributed by atoms with E-state index in [1.165, 1.54) is 0 Å². The molecule has 0 atom stereocenters. The van der Waals surface area contributed by atoms with Gasteiger partial charge < -0.3 is 15.4 Å². The quantitative estimate of drug-likeness (QED) is 0.834. The van der Waals surface area contributed by atoms with E-state index < -0.39 is 0 Å². The second-order valence-electron chi connectivity index (χ2n) is 3.91. The fourth-order valence-corrected chi connectivity index (χ4v) is 2.10. The molecule has 2 N–H and O–H groups in total. The van der Waals surface area contributed by atoms with Crippen molar-refractivity contribution in [3.8, 4) is 5.75 Å². The normalized spacial score (nSPS) is 9.95. The number of hydrogen-bond donors (Lipinski definition) is 2. The predicted molar refractivity (Wildman–Crippen MR) is 84.8 cm³/mol. The van der Waals surface area contributed by atoms with E-state index in [-0.39, 0.29) is 6.03 Å². The molecular weight excluding hydrogens is 344 g/mol. The van der Waals surface area contributed by atoms with E-state index in [4.69, 9.17) is 16.3 Å². The van der Waals surface area contributed by atoms with Crippen LogP contribution in [0.15, 0.2) is 46.9 Å². The van der Waals surface area contributed by atoms with Gasteiger partial charge in [-0.3, -0.25) is 0 Å². The van der Waals surface area contributed by atoms with Crippen molar-refractivity contribution in [2.24, 2.45) is 0 Å². The molecule has 0 unspecified atom stereocenters. The van der Waals surface area contributed by atoms with Crippen LogP contribution in [0.4, 0.5) is 16.2 Å². The van der Waals surface area contributed by atoms with E-state index in [1.54, 1.807) is 37.4 Å². The van der Waals surface area contributed by atoms with Gasteiger partial charge in [0, 0.05) is 10.2 Å². The fraction of sp³-hybridized carbons (Fsp3) is 0.0714. The molecular formula is C14H12BrClN2O2. The van der Waals surface area contributed by atoms with Crippen LogP contribution in [0, 0.1) is 0 Å². The second kappa shape index (κ2) is 6.63. The number of amides is 2. The molecule has 0 saturated carbocycles. The van der Waals surface area contributed by atoms with Crippen molar-refractivity contribution in [2.75, 3.05) is 17.7 Å². The van der Waals surface area contributed by atoms with Crippen LogP contribution in [0.2, 0.25) is 5.02 Å². The Kier molecular flexibility index (Phi) is 4.87. The van der Waals surface area contributed by atoms with Gasteiger partial charge in [-0.25, -0.2) is 4.79 Å². The van der Waals surface area contributed by atoms with Gasteiger partial charge in [0.2, 0.25) is 0 Å². The Hall–Kier alpha value is -1.72. The minimum absolute atomic E-state index is 0.358. The molecule has 0 fully saturated rings. The SMILES string of the molecule is COc1ccccc1NC(=O)Nc1ccc(Cl)c(Br)c1. The van der Waals surface area contributed by atoms with Crippen LogP contribution in [0.1, 0.15) is 0 Å². The van der Waals surface area contributed by atoms with Crippen LogP contribution < -0.4 is 15.4 Å². The molecule has 0 aliphatic carbocycles. The van der Waals surface area contributed by atoms with E-state index in [0.29, 0.717) is 26.6 Å². The van der Waals surface area contributed by atoms with Crippen molar-refractivity contribution in [1.82, 2.24) is 0 Å². The molecule has 4 nitrogen and oxygen atoms in total. The lowest BCUT2D eigenvalue weighted by Crippen LogP contribution is -2.19. The topological polar surface area (TPSA) is 50.4 Å². The van der Waals surface area contributed by atoms with Crippen molar-refractivity contribution in [3.63, 3.8) is 0 Å². The molecule has 0 saturated heterocycles. The summed E-state index contributed by atoms with van der Waals surface area (Å²) in [4.78, 5) is 11.9. The van der Waals surface area contributed by atoms with E-state index in [1.807, 2.05) is 12.1 Å². The molecule has 2 amide bonds. The van der Waals surface area contributed by atoms with Crippen LogP contribution in [0.25, 0.3) is 0 Å². The molecule has 0 heterocycles. The number of para-hydroxylation sites is 2. The van der Waals surface area contributed by atoms with E-state index >= 15 is 0 Å². The number of nitrogens with one attached hydrogen (secondary N) is 2. The summed E-state index contributed by atoms with van der Waals surface area (Å²) in [6.07, 6.45) is 0. The third-order valence-electron chi connectivity index (χ3n) is 2.53. The number of benzene rings is 2. The summed E-state index contributed by atoms with van der Waals surface area (Å²) < 4.78 is 5.88. The first-order valence-electron chi connectivity index (χ1n) is 5.76. The third-order valence-corrected chi connectivity index (χ3v) is 3.75. The molecule has 0 aliphatic rings.